The predicted molar refractivity (Wildman–Crippen MR) is 52.4 cm³/mol. The Morgan fingerprint density at radius 1 is 0.929 bits per heavy atom. The highest BCUT2D eigenvalue weighted by Crippen LogP contribution is 1.85. The summed E-state index contributed by atoms with van der Waals surface area (Å²) in [6.45, 7) is 0. The molecular formula is C8H8N6. The first-order valence-corrected chi connectivity index (χ1v) is 4.00. The second-order valence-electron chi connectivity index (χ2n) is 2.44. The molecule has 2 rings (SSSR count). The van der Waals surface area contributed by atoms with Gasteiger partial charge in [-0.05, 0) is 0 Å². The number of nitrogens with zero attached hydrogens (tertiary/aromatic N) is 4. The van der Waals surface area contributed by atoms with E-state index >= 15 is 0 Å². The van der Waals surface area contributed by atoms with Crippen molar-refractivity contribution in [2.45, 2.75) is 0 Å². The molecule has 0 aliphatic heterocycles. The van der Waals surface area contributed by atoms with Gasteiger partial charge in [0.05, 0.1) is 12.4 Å². The highest BCUT2D eigenvalue weighted by atomic mass is 15.2. The Kier molecular flexibility index (Phi) is 2.46. The van der Waals surface area contributed by atoms with E-state index in [0.29, 0.717) is 11.6 Å². The summed E-state index contributed by atoms with van der Waals surface area (Å²) < 4.78 is 0. The van der Waals surface area contributed by atoms with Gasteiger partial charge in [0.1, 0.15) is 11.6 Å². The third-order valence-electron chi connectivity index (χ3n) is 1.47. The lowest BCUT2D eigenvalue weighted by atomic mass is 10.7. The molecule has 6 nitrogen and oxygen atoms in total. The van der Waals surface area contributed by atoms with Crippen molar-refractivity contribution in [1.29, 1.82) is 0 Å². The van der Waals surface area contributed by atoms with Gasteiger partial charge in [0.25, 0.3) is 0 Å². The van der Waals surface area contributed by atoms with Crippen LogP contribution in [0.5, 0.6) is 0 Å². The summed E-state index contributed by atoms with van der Waals surface area (Å²) in [6.07, 6.45) is 9.79. The molecule has 2 aromatic rings. The first-order valence-electron chi connectivity index (χ1n) is 4.00. The van der Waals surface area contributed by atoms with Crippen LogP contribution in [0.4, 0.5) is 0 Å². The molecule has 2 heterocycles. The number of hydrogen-bond donors (Lipinski definition) is 2. The van der Waals surface area contributed by atoms with Gasteiger partial charge in [0, 0.05) is 24.8 Å². The number of hydrogen-bond acceptors (Lipinski definition) is 4. The van der Waals surface area contributed by atoms with E-state index in [-0.39, 0.29) is 0 Å². The van der Waals surface area contributed by atoms with Gasteiger partial charge in [-0.25, -0.2) is 9.97 Å². The van der Waals surface area contributed by atoms with E-state index in [2.05, 4.69) is 30.1 Å². The lowest BCUT2D eigenvalue weighted by molar-refractivity contribution is 1.20. The molecule has 0 amide bonds. The van der Waals surface area contributed by atoms with Crippen LogP contribution in [0.3, 0.4) is 0 Å². The quantitative estimate of drug-likeness (QED) is 0.545. The Bertz CT molecular complexity index is 368. The van der Waals surface area contributed by atoms with Crippen LogP contribution < -0.4 is 0 Å². The molecule has 0 aliphatic carbocycles. The van der Waals surface area contributed by atoms with Gasteiger partial charge in [0.15, 0.2) is 0 Å². The van der Waals surface area contributed by atoms with Gasteiger partial charge in [-0.15, -0.1) is 0 Å². The summed E-state index contributed by atoms with van der Waals surface area (Å²) in [6, 6.07) is 0. The molecule has 2 N–H and O–H groups in total. The monoisotopic (exact) mass is 188 g/mol. The third kappa shape index (κ3) is 2.13. The average Bonchev–Trinajstić information content (AvgIpc) is 2.86. The Morgan fingerprint density at radius 2 is 1.43 bits per heavy atom. The molecule has 0 saturated heterocycles. The van der Waals surface area contributed by atoms with Crippen molar-refractivity contribution in [3.63, 3.8) is 0 Å². The zero-order valence-electron chi connectivity index (χ0n) is 7.25. The van der Waals surface area contributed by atoms with E-state index in [9.17, 15) is 0 Å². The second-order valence-corrected chi connectivity index (χ2v) is 2.44. The molecule has 14 heavy (non-hydrogen) atoms. The molecule has 6 heteroatoms. The van der Waals surface area contributed by atoms with Gasteiger partial charge < -0.3 is 9.97 Å². The van der Waals surface area contributed by atoms with Crippen molar-refractivity contribution in [3.05, 3.63) is 36.4 Å². The molecule has 0 atom stereocenters. The summed E-state index contributed by atoms with van der Waals surface area (Å²) in [5.74, 6) is 1.34. The summed E-state index contributed by atoms with van der Waals surface area (Å²) in [7, 11) is 0. The maximum atomic E-state index is 3.95. The summed E-state index contributed by atoms with van der Waals surface area (Å²) in [5.41, 5.74) is 0. The molecular weight excluding hydrogens is 180 g/mol. The van der Waals surface area contributed by atoms with E-state index in [0.717, 1.165) is 0 Å². The van der Waals surface area contributed by atoms with Crippen LogP contribution in [0.25, 0.3) is 0 Å². The first-order chi connectivity index (χ1) is 6.95. The zero-order valence-corrected chi connectivity index (χ0v) is 7.25. The molecule has 0 spiro atoms. The smallest absolute Gasteiger partial charge is 0.150 e. The highest BCUT2D eigenvalue weighted by molar-refractivity contribution is 5.77. The van der Waals surface area contributed by atoms with Crippen LogP contribution in [0.15, 0.2) is 35.0 Å². The number of H-pyrrole nitrogens is 2. The minimum absolute atomic E-state index is 0.668. The fraction of sp³-hybridized carbons (Fsp3) is 0. The topological polar surface area (TPSA) is 82.1 Å². The number of aromatic amines is 2. The maximum absolute atomic E-state index is 3.95. The van der Waals surface area contributed by atoms with Gasteiger partial charge in [0.2, 0.25) is 0 Å². The largest absolute Gasteiger partial charge is 0.344 e. The van der Waals surface area contributed by atoms with Crippen molar-refractivity contribution in [2.24, 2.45) is 10.2 Å². The second kappa shape index (κ2) is 4.13. The van der Waals surface area contributed by atoms with Crippen LogP contribution in [-0.2, 0) is 0 Å². The van der Waals surface area contributed by atoms with Crippen LogP contribution in [0.1, 0.15) is 11.6 Å². The van der Waals surface area contributed by atoms with Crippen LogP contribution in [0.2, 0.25) is 0 Å². The van der Waals surface area contributed by atoms with E-state index in [1.165, 1.54) is 12.4 Å². The van der Waals surface area contributed by atoms with Gasteiger partial charge in [-0.1, -0.05) is 0 Å². The molecule has 70 valence electrons. The Labute approximate surface area is 79.8 Å². The van der Waals surface area contributed by atoms with Gasteiger partial charge >= 0.3 is 0 Å². The molecule has 0 unspecified atom stereocenters. The first kappa shape index (κ1) is 8.36. The number of rotatable bonds is 3. The van der Waals surface area contributed by atoms with E-state index in [1.54, 1.807) is 24.8 Å². The van der Waals surface area contributed by atoms with Crippen molar-refractivity contribution >= 4 is 12.4 Å². The summed E-state index contributed by atoms with van der Waals surface area (Å²) in [5, 5.41) is 7.56. The minimum Gasteiger partial charge on any atom is -0.344 e. The minimum atomic E-state index is 0.668. The SMILES string of the molecule is C(=N/N=C\c1ncc[nH]1)/c1ncc[nH]1. The average molecular weight is 188 g/mol. The lowest BCUT2D eigenvalue weighted by Gasteiger charge is -1.80. The van der Waals surface area contributed by atoms with Crippen LogP contribution in [-0.4, -0.2) is 32.4 Å². The Balaban J connectivity index is 1.94. The maximum Gasteiger partial charge on any atom is 0.150 e. The van der Waals surface area contributed by atoms with Crippen molar-refractivity contribution in [3.8, 4) is 0 Å². The molecule has 0 radical (unpaired) electrons. The van der Waals surface area contributed by atoms with Gasteiger partial charge in [-0.3, -0.25) is 0 Å². The fourth-order valence-corrected chi connectivity index (χ4v) is 0.872. The Morgan fingerprint density at radius 3 is 1.79 bits per heavy atom. The van der Waals surface area contributed by atoms with Crippen molar-refractivity contribution in [2.75, 3.05) is 0 Å². The number of nitrogens with one attached hydrogen (secondary N) is 2. The molecule has 0 bridgehead atoms. The van der Waals surface area contributed by atoms with Gasteiger partial charge in [-0.2, -0.15) is 10.2 Å². The van der Waals surface area contributed by atoms with Crippen molar-refractivity contribution in [1.82, 2.24) is 19.9 Å². The number of aromatic nitrogens is 4. The fourth-order valence-electron chi connectivity index (χ4n) is 0.872. The van der Waals surface area contributed by atoms with E-state index in [4.69, 9.17) is 0 Å². The molecule has 0 aromatic carbocycles. The van der Waals surface area contributed by atoms with Crippen LogP contribution >= 0.6 is 0 Å². The third-order valence-corrected chi connectivity index (χ3v) is 1.47. The van der Waals surface area contributed by atoms with Crippen molar-refractivity contribution < 1.29 is 0 Å². The molecule has 2 aromatic heterocycles. The Hall–Kier alpha value is -2.24. The normalized spacial score (nSPS) is 11.7. The van der Waals surface area contributed by atoms with Crippen LogP contribution in [0, 0.1) is 0 Å². The molecule has 0 aliphatic rings. The lowest BCUT2D eigenvalue weighted by Crippen LogP contribution is -1.84. The predicted octanol–water partition coefficient (Wildman–Crippen LogP) is 0.586. The number of imidazole rings is 2. The molecule has 0 fully saturated rings. The molecule has 0 saturated carbocycles. The van der Waals surface area contributed by atoms with E-state index in [1.807, 2.05) is 0 Å². The summed E-state index contributed by atoms with van der Waals surface area (Å²) in [4.78, 5) is 13.6. The summed E-state index contributed by atoms with van der Waals surface area (Å²) >= 11 is 0. The standard InChI is InChI=1S/C8H8N6/c1-2-10-7(9-1)5-13-14-6-8-11-3-4-12-8/h1-6H,(H,9,10)(H,11,12)/b13-5-,14-6-. The highest BCUT2D eigenvalue weighted by Gasteiger charge is 1.86. The van der Waals surface area contributed by atoms with E-state index < -0.39 is 0 Å². The zero-order chi connectivity index (χ0) is 9.64.